The molecule has 2 aromatic carbocycles. The maximum Gasteiger partial charge on any atom is 0.251 e. The van der Waals surface area contributed by atoms with E-state index in [1.165, 1.54) is 0 Å². The van der Waals surface area contributed by atoms with E-state index in [1.54, 1.807) is 18.5 Å². The number of halogens is 1. The lowest BCUT2D eigenvalue weighted by Gasteiger charge is -2.18. The third-order valence-electron chi connectivity index (χ3n) is 3.69. The maximum absolute atomic E-state index is 12.5. The Hall–Kier alpha value is -2.24. The number of pyridine rings is 1. The summed E-state index contributed by atoms with van der Waals surface area (Å²) in [5, 5.41) is 4.98. The molecule has 0 fully saturated rings. The second-order valence-corrected chi connectivity index (χ2v) is 6.17. The molecule has 0 saturated carbocycles. The fourth-order valence-electron chi connectivity index (χ4n) is 2.47. The molecule has 0 bridgehead atoms. The fourth-order valence-corrected chi connectivity index (χ4v) is 2.88. The van der Waals surface area contributed by atoms with Gasteiger partial charge in [-0.3, -0.25) is 9.78 Å². The largest absolute Gasteiger partial charge is 0.344 e. The van der Waals surface area contributed by atoms with Crippen LogP contribution >= 0.6 is 15.9 Å². The van der Waals surface area contributed by atoms with Crippen LogP contribution in [0.2, 0.25) is 0 Å². The van der Waals surface area contributed by atoms with Crippen LogP contribution in [-0.4, -0.2) is 17.4 Å². The molecule has 5 heteroatoms. The lowest BCUT2D eigenvalue weighted by molar-refractivity contribution is 0.0938. The van der Waals surface area contributed by atoms with Crippen LogP contribution in [0, 0.1) is 0 Å². The Morgan fingerprint density at radius 3 is 2.83 bits per heavy atom. The smallest absolute Gasteiger partial charge is 0.251 e. The highest BCUT2D eigenvalue weighted by atomic mass is 79.9. The molecule has 116 valence electrons. The zero-order valence-electron chi connectivity index (χ0n) is 12.4. The standard InChI is InChI=1S/C18H16BrN3O/c19-16-3-1-2-13(9-16)17(10-20)22-18(23)14-4-5-15-11-21-7-6-12(15)8-14/h1-9,11,17H,10,20H2,(H,22,23)/t17-/m1/s1. The molecule has 3 aromatic rings. The van der Waals surface area contributed by atoms with Gasteiger partial charge in [0, 0.05) is 34.4 Å². The highest BCUT2D eigenvalue weighted by Crippen LogP contribution is 2.19. The van der Waals surface area contributed by atoms with Crippen molar-refractivity contribution in [3.8, 4) is 0 Å². The lowest BCUT2D eigenvalue weighted by Crippen LogP contribution is -2.33. The van der Waals surface area contributed by atoms with Gasteiger partial charge in [-0.1, -0.05) is 34.1 Å². The molecule has 1 amide bonds. The third-order valence-corrected chi connectivity index (χ3v) is 4.19. The van der Waals surface area contributed by atoms with Crippen molar-refractivity contribution in [2.45, 2.75) is 6.04 Å². The number of benzene rings is 2. The van der Waals surface area contributed by atoms with Gasteiger partial charge in [0.1, 0.15) is 0 Å². The van der Waals surface area contributed by atoms with Gasteiger partial charge in [0.25, 0.3) is 5.91 Å². The maximum atomic E-state index is 12.5. The molecule has 1 aromatic heterocycles. The number of fused-ring (bicyclic) bond motifs is 1. The summed E-state index contributed by atoms with van der Waals surface area (Å²) < 4.78 is 0.959. The van der Waals surface area contributed by atoms with E-state index in [1.807, 2.05) is 42.5 Å². The molecule has 0 unspecified atom stereocenters. The highest BCUT2D eigenvalue weighted by Gasteiger charge is 2.15. The molecule has 1 atom stereocenters. The average Bonchev–Trinajstić information content (AvgIpc) is 2.59. The zero-order chi connectivity index (χ0) is 16.2. The Balaban J connectivity index is 1.83. The van der Waals surface area contributed by atoms with Gasteiger partial charge in [0.15, 0.2) is 0 Å². The zero-order valence-corrected chi connectivity index (χ0v) is 14.0. The number of rotatable bonds is 4. The number of nitrogens with two attached hydrogens (primary N) is 1. The first kappa shape index (κ1) is 15.6. The van der Waals surface area contributed by atoms with E-state index in [0.717, 1.165) is 20.8 Å². The van der Waals surface area contributed by atoms with Gasteiger partial charge in [-0.25, -0.2) is 0 Å². The van der Waals surface area contributed by atoms with Crippen LogP contribution in [0.25, 0.3) is 10.8 Å². The average molecular weight is 370 g/mol. The van der Waals surface area contributed by atoms with Crippen LogP contribution in [-0.2, 0) is 0 Å². The minimum Gasteiger partial charge on any atom is -0.344 e. The van der Waals surface area contributed by atoms with Crippen molar-refractivity contribution < 1.29 is 4.79 Å². The van der Waals surface area contributed by atoms with E-state index < -0.39 is 0 Å². The van der Waals surface area contributed by atoms with E-state index in [-0.39, 0.29) is 11.9 Å². The first-order chi connectivity index (χ1) is 11.2. The first-order valence-electron chi connectivity index (χ1n) is 7.27. The Labute approximate surface area is 142 Å². The Morgan fingerprint density at radius 2 is 2.04 bits per heavy atom. The monoisotopic (exact) mass is 369 g/mol. The molecule has 0 aliphatic carbocycles. The van der Waals surface area contributed by atoms with E-state index >= 15 is 0 Å². The second kappa shape index (κ2) is 6.89. The molecule has 0 saturated heterocycles. The van der Waals surface area contributed by atoms with Crippen molar-refractivity contribution >= 4 is 32.6 Å². The van der Waals surface area contributed by atoms with Crippen molar-refractivity contribution in [1.82, 2.24) is 10.3 Å². The molecule has 0 spiro atoms. The second-order valence-electron chi connectivity index (χ2n) is 5.25. The predicted octanol–water partition coefficient (Wildman–Crippen LogP) is 3.43. The fraction of sp³-hybridized carbons (Fsp3) is 0.111. The van der Waals surface area contributed by atoms with E-state index in [9.17, 15) is 4.79 Å². The Kier molecular flexibility index (Phi) is 4.69. The van der Waals surface area contributed by atoms with Gasteiger partial charge >= 0.3 is 0 Å². The molecule has 23 heavy (non-hydrogen) atoms. The molecule has 0 aliphatic heterocycles. The van der Waals surface area contributed by atoms with E-state index in [0.29, 0.717) is 12.1 Å². The summed E-state index contributed by atoms with van der Waals surface area (Å²) in [6.07, 6.45) is 3.50. The van der Waals surface area contributed by atoms with Gasteiger partial charge in [0.2, 0.25) is 0 Å². The number of aromatic nitrogens is 1. The van der Waals surface area contributed by atoms with E-state index in [4.69, 9.17) is 5.73 Å². The highest BCUT2D eigenvalue weighted by molar-refractivity contribution is 9.10. The minimum absolute atomic E-state index is 0.140. The summed E-state index contributed by atoms with van der Waals surface area (Å²) in [7, 11) is 0. The van der Waals surface area contributed by atoms with Crippen molar-refractivity contribution in [1.29, 1.82) is 0 Å². The summed E-state index contributed by atoms with van der Waals surface area (Å²) in [6.45, 7) is 0.333. The number of carbonyl (C=O) groups is 1. The van der Waals surface area contributed by atoms with Gasteiger partial charge < -0.3 is 11.1 Å². The quantitative estimate of drug-likeness (QED) is 0.740. The van der Waals surface area contributed by atoms with Crippen LogP contribution in [0.4, 0.5) is 0 Å². The van der Waals surface area contributed by atoms with Crippen LogP contribution in [0.3, 0.4) is 0 Å². The lowest BCUT2D eigenvalue weighted by atomic mass is 10.1. The molecule has 0 radical (unpaired) electrons. The summed E-state index contributed by atoms with van der Waals surface area (Å²) in [6, 6.07) is 15.0. The molecule has 3 rings (SSSR count). The summed E-state index contributed by atoms with van der Waals surface area (Å²) >= 11 is 3.44. The van der Waals surface area contributed by atoms with Crippen LogP contribution in [0.5, 0.6) is 0 Å². The Bertz CT molecular complexity index is 850. The van der Waals surface area contributed by atoms with Crippen LogP contribution in [0.1, 0.15) is 22.0 Å². The Morgan fingerprint density at radius 1 is 1.17 bits per heavy atom. The first-order valence-corrected chi connectivity index (χ1v) is 8.07. The number of nitrogens with zero attached hydrogens (tertiary/aromatic N) is 1. The van der Waals surface area contributed by atoms with Crippen LogP contribution < -0.4 is 11.1 Å². The van der Waals surface area contributed by atoms with Gasteiger partial charge in [0.05, 0.1) is 6.04 Å². The number of hydrogen-bond acceptors (Lipinski definition) is 3. The molecule has 0 aliphatic rings. The molecule has 1 heterocycles. The number of carbonyl (C=O) groups excluding carboxylic acids is 1. The molecule has 4 nitrogen and oxygen atoms in total. The molecule has 3 N–H and O–H groups in total. The number of hydrogen-bond donors (Lipinski definition) is 2. The van der Waals surface area contributed by atoms with Gasteiger partial charge in [-0.15, -0.1) is 0 Å². The normalized spacial score (nSPS) is 12.1. The van der Waals surface area contributed by atoms with Crippen molar-refractivity contribution in [2.75, 3.05) is 6.54 Å². The van der Waals surface area contributed by atoms with E-state index in [2.05, 4.69) is 26.2 Å². The van der Waals surface area contributed by atoms with Gasteiger partial charge in [-0.05, 0) is 41.3 Å². The minimum atomic E-state index is -0.229. The molecular weight excluding hydrogens is 354 g/mol. The predicted molar refractivity (Wildman–Crippen MR) is 95.1 cm³/mol. The SMILES string of the molecule is NC[C@@H](NC(=O)c1ccc2cnccc2c1)c1cccc(Br)c1. The third kappa shape index (κ3) is 3.57. The summed E-state index contributed by atoms with van der Waals surface area (Å²) in [5.41, 5.74) is 7.41. The molecular formula is C18H16BrN3O. The number of nitrogens with one attached hydrogen (secondary N) is 1. The number of amides is 1. The van der Waals surface area contributed by atoms with Crippen molar-refractivity contribution in [2.24, 2.45) is 5.73 Å². The summed E-state index contributed by atoms with van der Waals surface area (Å²) in [4.78, 5) is 16.6. The van der Waals surface area contributed by atoms with Crippen molar-refractivity contribution in [3.05, 3.63) is 76.5 Å². The van der Waals surface area contributed by atoms with Crippen LogP contribution in [0.15, 0.2) is 65.4 Å². The summed E-state index contributed by atoms with van der Waals surface area (Å²) in [5.74, 6) is -0.140. The topological polar surface area (TPSA) is 68.0 Å². The van der Waals surface area contributed by atoms with Crippen molar-refractivity contribution in [3.63, 3.8) is 0 Å². The van der Waals surface area contributed by atoms with Gasteiger partial charge in [-0.2, -0.15) is 0 Å².